The van der Waals surface area contributed by atoms with Gasteiger partial charge in [0, 0.05) is 24.1 Å². The first-order valence-corrected chi connectivity index (χ1v) is 5.35. The first-order chi connectivity index (χ1) is 6.02. The summed E-state index contributed by atoms with van der Waals surface area (Å²) in [5.41, 5.74) is 0.860. The van der Waals surface area contributed by atoms with Crippen LogP contribution in [0.15, 0.2) is 0 Å². The monoisotopic (exact) mass is 183 g/mol. The summed E-state index contributed by atoms with van der Waals surface area (Å²) in [4.78, 5) is 2.60. The fourth-order valence-corrected chi connectivity index (χ4v) is 2.48. The zero-order valence-corrected chi connectivity index (χ0v) is 9.10. The summed E-state index contributed by atoms with van der Waals surface area (Å²) < 4.78 is 5.52. The van der Waals surface area contributed by atoms with Crippen molar-refractivity contribution >= 4 is 0 Å². The van der Waals surface area contributed by atoms with Crippen molar-refractivity contribution in [3.63, 3.8) is 0 Å². The molecule has 0 aromatic rings. The van der Waals surface area contributed by atoms with Gasteiger partial charge in [-0.15, -0.1) is 0 Å². The molecule has 2 saturated heterocycles. The number of ether oxygens (including phenoxy) is 1. The number of rotatable bonds is 0. The van der Waals surface area contributed by atoms with Crippen LogP contribution in [0, 0.1) is 5.41 Å². The van der Waals surface area contributed by atoms with Gasteiger partial charge in [0.2, 0.25) is 0 Å². The van der Waals surface area contributed by atoms with Gasteiger partial charge in [0.25, 0.3) is 0 Å². The highest BCUT2D eigenvalue weighted by molar-refractivity contribution is 4.96. The zero-order chi connectivity index (χ0) is 9.53. The molecule has 1 atom stereocenters. The number of hydrogen-bond acceptors (Lipinski definition) is 2. The van der Waals surface area contributed by atoms with E-state index < -0.39 is 0 Å². The molecule has 2 rings (SSSR count). The van der Waals surface area contributed by atoms with E-state index in [0.29, 0.717) is 11.0 Å². The standard InChI is InChI=1S/C11H21NO/c1-10(2,3)12-6-4-11(8-12)5-7-13-9-11/h4-9H2,1-3H3. The van der Waals surface area contributed by atoms with Crippen LogP contribution in [-0.4, -0.2) is 36.7 Å². The molecule has 76 valence electrons. The van der Waals surface area contributed by atoms with Crippen LogP contribution in [0.25, 0.3) is 0 Å². The van der Waals surface area contributed by atoms with Gasteiger partial charge < -0.3 is 4.74 Å². The Morgan fingerprint density at radius 1 is 1.23 bits per heavy atom. The largest absolute Gasteiger partial charge is 0.381 e. The van der Waals surface area contributed by atoms with Crippen LogP contribution >= 0.6 is 0 Å². The lowest BCUT2D eigenvalue weighted by molar-refractivity contribution is 0.126. The Balaban J connectivity index is 2.01. The summed E-state index contributed by atoms with van der Waals surface area (Å²) in [6.07, 6.45) is 2.61. The lowest BCUT2D eigenvalue weighted by atomic mass is 9.86. The molecule has 0 N–H and O–H groups in total. The highest BCUT2D eigenvalue weighted by Gasteiger charge is 2.43. The molecule has 0 aromatic carbocycles. The van der Waals surface area contributed by atoms with Crippen molar-refractivity contribution in [3.8, 4) is 0 Å². The minimum atomic E-state index is 0.339. The smallest absolute Gasteiger partial charge is 0.0536 e. The Morgan fingerprint density at radius 2 is 2.00 bits per heavy atom. The summed E-state index contributed by atoms with van der Waals surface area (Å²) in [6.45, 7) is 11.4. The Labute approximate surface area is 81.3 Å². The first-order valence-electron chi connectivity index (χ1n) is 5.35. The van der Waals surface area contributed by atoms with E-state index in [1.807, 2.05) is 0 Å². The molecular weight excluding hydrogens is 162 g/mol. The van der Waals surface area contributed by atoms with E-state index in [1.54, 1.807) is 0 Å². The van der Waals surface area contributed by atoms with E-state index in [0.717, 1.165) is 13.2 Å². The molecule has 13 heavy (non-hydrogen) atoms. The third-order valence-corrected chi connectivity index (χ3v) is 3.57. The highest BCUT2D eigenvalue weighted by Crippen LogP contribution is 2.40. The lowest BCUT2D eigenvalue weighted by Gasteiger charge is -2.33. The van der Waals surface area contributed by atoms with Crippen molar-refractivity contribution in [2.24, 2.45) is 5.41 Å². The molecule has 1 unspecified atom stereocenters. The number of hydrogen-bond donors (Lipinski definition) is 0. The van der Waals surface area contributed by atoms with Crippen LogP contribution < -0.4 is 0 Å². The van der Waals surface area contributed by atoms with E-state index in [9.17, 15) is 0 Å². The molecule has 0 aromatic heterocycles. The van der Waals surface area contributed by atoms with Gasteiger partial charge in [0.05, 0.1) is 6.61 Å². The summed E-state index contributed by atoms with van der Waals surface area (Å²) in [6, 6.07) is 0. The normalized spacial score (nSPS) is 36.2. The first kappa shape index (κ1) is 9.47. The molecule has 2 heteroatoms. The molecule has 2 nitrogen and oxygen atoms in total. The van der Waals surface area contributed by atoms with Gasteiger partial charge in [-0.1, -0.05) is 0 Å². The second-order valence-corrected chi connectivity index (χ2v) is 5.64. The molecule has 2 heterocycles. The third-order valence-electron chi connectivity index (χ3n) is 3.57. The summed E-state index contributed by atoms with van der Waals surface area (Å²) in [5, 5.41) is 0. The van der Waals surface area contributed by atoms with Gasteiger partial charge in [0.1, 0.15) is 0 Å². The van der Waals surface area contributed by atoms with E-state index in [1.165, 1.54) is 25.9 Å². The average Bonchev–Trinajstić information content (AvgIpc) is 2.60. The maximum absolute atomic E-state index is 5.52. The number of likely N-dealkylation sites (tertiary alicyclic amines) is 1. The van der Waals surface area contributed by atoms with Crippen molar-refractivity contribution in [2.45, 2.75) is 39.2 Å². The quantitative estimate of drug-likeness (QED) is 0.568. The van der Waals surface area contributed by atoms with Gasteiger partial charge in [-0.2, -0.15) is 0 Å². The predicted molar refractivity (Wildman–Crippen MR) is 53.8 cm³/mol. The van der Waals surface area contributed by atoms with Gasteiger partial charge in [-0.05, 0) is 40.2 Å². The van der Waals surface area contributed by atoms with Crippen molar-refractivity contribution in [1.82, 2.24) is 4.90 Å². The van der Waals surface area contributed by atoms with Gasteiger partial charge in [-0.3, -0.25) is 4.90 Å². The van der Waals surface area contributed by atoms with Crippen LogP contribution in [-0.2, 0) is 4.74 Å². The molecule has 2 aliphatic heterocycles. The molecular formula is C11H21NO. The second kappa shape index (κ2) is 2.96. The van der Waals surface area contributed by atoms with E-state index in [2.05, 4.69) is 25.7 Å². The predicted octanol–water partition coefficient (Wildman–Crippen LogP) is 1.90. The molecule has 0 amide bonds. The fraction of sp³-hybridized carbons (Fsp3) is 1.00. The van der Waals surface area contributed by atoms with Gasteiger partial charge >= 0.3 is 0 Å². The molecule has 0 saturated carbocycles. The van der Waals surface area contributed by atoms with E-state index >= 15 is 0 Å². The Kier molecular flexibility index (Phi) is 2.16. The Hall–Kier alpha value is -0.0800. The van der Waals surface area contributed by atoms with Crippen molar-refractivity contribution in [3.05, 3.63) is 0 Å². The third kappa shape index (κ3) is 1.75. The van der Waals surface area contributed by atoms with Crippen molar-refractivity contribution in [1.29, 1.82) is 0 Å². The highest BCUT2D eigenvalue weighted by atomic mass is 16.5. The Bertz CT molecular complexity index is 189. The minimum Gasteiger partial charge on any atom is -0.381 e. The molecule has 0 radical (unpaired) electrons. The zero-order valence-electron chi connectivity index (χ0n) is 9.10. The van der Waals surface area contributed by atoms with Crippen LogP contribution in [0.4, 0.5) is 0 Å². The second-order valence-electron chi connectivity index (χ2n) is 5.64. The molecule has 0 bridgehead atoms. The van der Waals surface area contributed by atoms with Gasteiger partial charge in [-0.25, -0.2) is 0 Å². The van der Waals surface area contributed by atoms with Crippen LogP contribution in [0.3, 0.4) is 0 Å². The van der Waals surface area contributed by atoms with Crippen LogP contribution in [0.1, 0.15) is 33.6 Å². The fourth-order valence-electron chi connectivity index (χ4n) is 2.48. The van der Waals surface area contributed by atoms with Crippen molar-refractivity contribution in [2.75, 3.05) is 26.3 Å². The lowest BCUT2D eigenvalue weighted by Crippen LogP contribution is -2.41. The molecule has 2 aliphatic rings. The summed E-state index contributed by atoms with van der Waals surface area (Å²) >= 11 is 0. The van der Waals surface area contributed by atoms with Gasteiger partial charge in [0.15, 0.2) is 0 Å². The minimum absolute atomic E-state index is 0.339. The maximum Gasteiger partial charge on any atom is 0.0536 e. The SMILES string of the molecule is CC(C)(C)N1CCC2(CCOC2)C1. The number of nitrogens with zero attached hydrogens (tertiary/aromatic N) is 1. The average molecular weight is 183 g/mol. The summed E-state index contributed by atoms with van der Waals surface area (Å²) in [5.74, 6) is 0. The maximum atomic E-state index is 5.52. The molecule has 2 fully saturated rings. The van der Waals surface area contributed by atoms with Crippen molar-refractivity contribution < 1.29 is 4.74 Å². The molecule has 1 spiro atoms. The van der Waals surface area contributed by atoms with E-state index in [-0.39, 0.29) is 0 Å². The van der Waals surface area contributed by atoms with Crippen LogP contribution in [0.2, 0.25) is 0 Å². The molecule has 0 aliphatic carbocycles. The summed E-state index contributed by atoms with van der Waals surface area (Å²) in [7, 11) is 0. The topological polar surface area (TPSA) is 12.5 Å². The van der Waals surface area contributed by atoms with Crippen LogP contribution in [0.5, 0.6) is 0 Å². The Morgan fingerprint density at radius 3 is 2.46 bits per heavy atom. The van der Waals surface area contributed by atoms with E-state index in [4.69, 9.17) is 4.74 Å².